The minimum Gasteiger partial charge on any atom is -0.493 e. The first-order valence-electron chi connectivity index (χ1n) is 9.57. The summed E-state index contributed by atoms with van der Waals surface area (Å²) in [6, 6.07) is 22.4. The van der Waals surface area contributed by atoms with Crippen LogP contribution in [0.4, 0.5) is 0 Å². The summed E-state index contributed by atoms with van der Waals surface area (Å²) in [4.78, 5) is 24.3. The van der Waals surface area contributed by atoms with Crippen molar-refractivity contribution in [3.05, 3.63) is 84.4 Å². The van der Waals surface area contributed by atoms with Crippen LogP contribution in [0.2, 0.25) is 0 Å². The lowest BCUT2D eigenvalue weighted by Crippen LogP contribution is -2.18. The first kappa shape index (κ1) is 21.7. The van der Waals surface area contributed by atoms with Crippen molar-refractivity contribution in [1.29, 1.82) is 0 Å². The molecule has 0 saturated carbocycles. The third-order valence-electron chi connectivity index (χ3n) is 4.04. The lowest BCUT2D eigenvalue weighted by molar-refractivity contribution is -0.136. The standard InChI is InChI=1S/C24H22O7/c1-27-21-12-5-6-13-22(21)30-17-23(25)31-20-11-7-8-18(16-20)24(26)29-15-14-28-19-9-3-2-4-10-19/h2-13,16H,14-15,17H2,1H3. The van der Waals surface area contributed by atoms with Crippen molar-refractivity contribution in [2.45, 2.75) is 0 Å². The molecule has 0 heterocycles. The molecular formula is C24H22O7. The van der Waals surface area contributed by atoms with Gasteiger partial charge in [0.25, 0.3) is 0 Å². The van der Waals surface area contributed by atoms with Gasteiger partial charge in [-0.3, -0.25) is 0 Å². The topological polar surface area (TPSA) is 80.3 Å². The van der Waals surface area contributed by atoms with Gasteiger partial charge < -0.3 is 23.7 Å². The zero-order valence-electron chi connectivity index (χ0n) is 17.0. The van der Waals surface area contributed by atoms with Gasteiger partial charge in [0.15, 0.2) is 18.1 Å². The average Bonchev–Trinajstić information content (AvgIpc) is 2.81. The number of esters is 2. The highest BCUT2D eigenvalue weighted by atomic mass is 16.6. The molecule has 31 heavy (non-hydrogen) atoms. The van der Waals surface area contributed by atoms with E-state index in [2.05, 4.69) is 0 Å². The van der Waals surface area contributed by atoms with E-state index >= 15 is 0 Å². The van der Waals surface area contributed by atoms with E-state index in [0.29, 0.717) is 17.2 Å². The minimum atomic E-state index is -0.618. The van der Waals surface area contributed by atoms with Crippen LogP contribution >= 0.6 is 0 Å². The zero-order chi connectivity index (χ0) is 21.9. The van der Waals surface area contributed by atoms with Gasteiger partial charge in [0.2, 0.25) is 0 Å². The molecule has 0 amide bonds. The average molecular weight is 422 g/mol. The Labute approximate surface area is 180 Å². The summed E-state index contributed by atoms with van der Waals surface area (Å²) in [5.41, 5.74) is 0.260. The second-order valence-electron chi connectivity index (χ2n) is 6.24. The first-order valence-corrected chi connectivity index (χ1v) is 9.57. The maximum atomic E-state index is 12.2. The number of methoxy groups -OCH3 is 1. The van der Waals surface area contributed by atoms with E-state index in [9.17, 15) is 9.59 Å². The third-order valence-corrected chi connectivity index (χ3v) is 4.04. The monoisotopic (exact) mass is 422 g/mol. The molecule has 0 aliphatic carbocycles. The number of hydrogen-bond acceptors (Lipinski definition) is 7. The number of hydrogen-bond donors (Lipinski definition) is 0. The zero-order valence-corrected chi connectivity index (χ0v) is 17.0. The van der Waals surface area contributed by atoms with Crippen LogP contribution in [0.5, 0.6) is 23.0 Å². The van der Waals surface area contributed by atoms with Crippen molar-refractivity contribution in [2.75, 3.05) is 26.9 Å². The van der Waals surface area contributed by atoms with Gasteiger partial charge in [-0.1, -0.05) is 36.4 Å². The van der Waals surface area contributed by atoms with Crippen LogP contribution in [0.15, 0.2) is 78.9 Å². The highest BCUT2D eigenvalue weighted by molar-refractivity contribution is 5.90. The van der Waals surface area contributed by atoms with Crippen molar-refractivity contribution < 1.29 is 33.3 Å². The molecule has 3 aromatic rings. The Morgan fingerprint density at radius 3 is 2.23 bits per heavy atom. The lowest BCUT2D eigenvalue weighted by atomic mass is 10.2. The van der Waals surface area contributed by atoms with Gasteiger partial charge in [-0.15, -0.1) is 0 Å². The molecule has 160 valence electrons. The van der Waals surface area contributed by atoms with Gasteiger partial charge in [-0.05, 0) is 42.5 Å². The Hall–Kier alpha value is -4.00. The summed E-state index contributed by atoms with van der Waals surface area (Å²) in [5, 5.41) is 0. The van der Waals surface area contributed by atoms with Gasteiger partial charge in [-0.2, -0.15) is 0 Å². The minimum absolute atomic E-state index is 0.0878. The quantitative estimate of drug-likeness (QED) is 0.278. The van der Waals surface area contributed by atoms with E-state index in [1.54, 1.807) is 42.5 Å². The fourth-order valence-corrected chi connectivity index (χ4v) is 2.62. The molecular weight excluding hydrogens is 400 g/mol. The fourth-order valence-electron chi connectivity index (χ4n) is 2.62. The predicted octanol–water partition coefficient (Wildman–Crippen LogP) is 3.92. The number of para-hydroxylation sites is 3. The Kier molecular flexibility index (Phi) is 7.88. The Morgan fingerprint density at radius 2 is 1.45 bits per heavy atom. The van der Waals surface area contributed by atoms with E-state index in [1.807, 2.05) is 30.3 Å². The van der Waals surface area contributed by atoms with Crippen molar-refractivity contribution in [3.63, 3.8) is 0 Å². The second-order valence-corrected chi connectivity index (χ2v) is 6.24. The summed E-state index contributed by atoms with van der Waals surface area (Å²) in [6.45, 7) is 0.00107. The highest BCUT2D eigenvalue weighted by Gasteiger charge is 2.12. The normalized spacial score (nSPS) is 10.1. The molecule has 0 saturated heterocycles. The van der Waals surface area contributed by atoms with Crippen LogP contribution in [0.25, 0.3) is 0 Å². The van der Waals surface area contributed by atoms with E-state index in [0.717, 1.165) is 0 Å². The summed E-state index contributed by atoms with van der Waals surface area (Å²) >= 11 is 0. The molecule has 0 aliphatic rings. The molecule has 0 bridgehead atoms. The Balaban J connectivity index is 1.46. The fraction of sp³-hybridized carbons (Fsp3) is 0.167. The smallest absolute Gasteiger partial charge is 0.349 e. The summed E-state index contributed by atoms with van der Waals surface area (Å²) in [5.74, 6) is 0.687. The number of rotatable bonds is 10. The molecule has 0 fully saturated rings. The number of benzene rings is 3. The maximum absolute atomic E-state index is 12.2. The van der Waals surface area contributed by atoms with Crippen molar-refractivity contribution in [3.8, 4) is 23.0 Å². The van der Waals surface area contributed by atoms with Crippen LogP contribution in [-0.4, -0.2) is 38.9 Å². The molecule has 0 aliphatic heterocycles. The molecule has 3 rings (SSSR count). The molecule has 0 aromatic heterocycles. The molecule has 0 spiro atoms. The summed E-state index contributed by atoms with van der Waals surface area (Å²) in [6.07, 6.45) is 0. The molecule has 0 radical (unpaired) electrons. The van der Waals surface area contributed by atoms with Gasteiger partial charge in [-0.25, -0.2) is 9.59 Å². The van der Waals surface area contributed by atoms with Gasteiger partial charge >= 0.3 is 11.9 Å². The van der Waals surface area contributed by atoms with Crippen molar-refractivity contribution >= 4 is 11.9 Å². The number of carbonyl (C=O) groups excluding carboxylic acids is 2. The van der Waals surface area contributed by atoms with Crippen LogP contribution < -0.4 is 18.9 Å². The summed E-state index contributed by atoms with van der Waals surface area (Å²) in [7, 11) is 1.51. The Morgan fingerprint density at radius 1 is 0.742 bits per heavy atom. The summed E-state index contributed by atoms with van der Waals surface area (Å²) < 4.78 is 26.5. The highest BCUT2D eigenvalue weighted by Crippen LogP contribution is 2.25. The van der Waals surface area contributed by atoms with Crippen LogP contribution in [0.3, 0.4) is 0 Å². The number of ether oxygens (including phenoxy) is 5. The predicted molar refractivity (Wildman–Crippen MR) is 113 cm³/mol. The third kappa shape index (κ3) is 6.78. The van der Waals surface area contributed by atoms with E-state index in [1.165, 1.54) is 13.2 Å². The second kappa shape index (κ2) is 11.3. The molecule has 7 nitrogen and oxygen atoms in total. The molecule has 0 N–H and O–H groups in total. The number of carbonyl (C=O) groups is 2. The van der Waals surface area contributed by atoms with E-state index < -0.39 is 11.9 Å². The molecule has 0 unspecified atom stereocenters. The van der Waals surface area contributed by atoms with Crippen LogP contribution in [0.1, 0.15) is 10.4 Å². The van der Waals surface area contributed by atoms with Gasteiger partial charge in [0, 0.05) is 0 Å². The molecule has 0 atom stereocenters. The Bertz CT molecular complexity index is 1000. The maximum Gasteiger partial charge on any atom is 0.349 e. The van der Waals surface area contributed by atoms with Gasteiger partial charge in [0.1, 0.15) is 24.7 Å². The lowest BCUT2D eigenvalue weighted by Gasteiger charge is -2.10. The molecule has 3 aromatic carbocycles. The van der Waals surface area contributed by atoms with Crippen molar-refractivity contribution in [2.24, 2.45) is 0 Å². The van der Waals surface area contributed by atoms with Crippen LogP contribution in [0, 0.1) is 0 Å². The van der Waals surface area contributed by atoms with Crippen LogP contribution in [-0.2, 0) is 9.53 Å². The van der Waals surface area contributed by atoms with E-state index in [-0.39, 0.29) is 31.1 Å². The van der Waals surface area contributed by atoms with Gasteiger partial charge in [0.05, 0.1) is 12.7 Å². The van der Waals surface area contributed by atoms with E-state index in [4.69, 9.17) is 23.7 Å². The largest absolute Gasteiger partial charge is 0.493 e. The van der Waals surface area contributed by atoms with Crippen molar-refractivity contribution in [1.82, 2.24) is 0 Å². The first-order chi connectivity index (χ1) is 15.2. The SMILES string of the molecule is COc1ccccc1OCC(=O)Oc1cccc(C(=O)OCCOc2ccccc2)c1. The molecule has 7 heteroatoms.